The number of para-hydroxylation sites is 1. The number of carbonyl (C=O) groups excluding carboxylic acids is 1. The van der Waals surface area contributed by atoms with Gasteiger partial charge >= 0.3 is 0 Å². The van der Waals surface area contributed by atoms with E-state index in [9.17, 15) is 4.79 Å². The standard InChI is InChI=1S/C15H21NO2.C2H6/c1-12(9-13-10-15(17)16-11-13)7-8-18-14-5-3-2-4-6-14;1-2/h2-6,12-13H,7-11H2,1H3,(H,16,17);1-2H3/t12?,13-;/m0./s1. The van der Waals surface area contributed by atoms with E-state index in [1.54, 1.807) is 0 Å². The van der Waals surface area contributed by atoms with Gasteiger partial charge in [0.1, 0.15) is 5.75 Å². The number of hydrogen-bond donors (Lipinski definition) is 1. The van der Waals surface area contributed by atoms with Crippen LogP contribution in [0.2, 0.25) is 0 Å². The second-order valence-corrected chi connectivity index (χ2v) is 5.17. The largest absolute Gasteiger partial charge is 0.494 e. The van der Waals surface area contributed by atoms with Gasteiger partial charge in [0.2, 0.25) is 5.91 Å². The van der Waals surface area contributed by atoms with Crippen LogP contribution in [0.5, 0.6) is 5.75 Å². The molecule has 0 radical (unpaired) electrons. The third-order valence-electron chi connectivity index (χ3n) is 3.42. The number of nitrogens with one attached hydrogen (secondary N) is 1. The predicted octanol–water partition coefficient (Wildman–Crippen LogP) is 3.64. The van der Waals surface area contributed by atoms with Crippen LogP contribution in [-0.2, 0) is 4.79 Å². The van der Waals surface area contributed by atoms with Crippen molar-refractivity contribution in [3.63, 3.8) is 0 Å². The molecule has 1 fully saturated rings. The molecule has 0 spiro atoms. The van der Waals surface area contributed by atoms with Crippen molar-refractivity contribution in [2.45, 2.75) is 40.0 Å². The minimum atomic E-state index is 0.202. The van der Waals surface area contributed by atoms with Crippen molar-refractivity contribution in [1.82, 2.24) is 5.32 Å². The Bertz CT molecular complexity index is 378. The van der Waals surface area contributed by atoms with Gasteiger partial charge in [0.25, 0.3) is 0 Å². The zero-order valence-electron chi connectivity index (χ0n) is 12.9. The topological polar surface area (TPSA) is 38.3 Å². The molecule has 3 heteroatoms. The van der Waals surface area contributed by atoms with Crippen molar-refractivity contribution < 1.29 is 9.53 Å². The molecule has 1 aromatic rings. The van der Waals surface area contributed by atoms with Crippen molar-refractivity contribution >= 4 is 5.91 Å². The van der Waals surface area contributed by atoms with Gasteiger partial charge in [-0.15, -0.1) is 0 Å². The summed E-state index contributed by atoms with van der Waals surface area (Å²) in [5.74, 6) is 2.26. The monoisotopic (exact) mass is 277 g/mol. The molecular weight excluding hydrogens is 250 g/mol. The highest BCUT2D eigenvalue weighted by molar-refractivity contribution is 5.78. The van der Waals surface area contributed by atoms with Gasteiger partial charge in [-0.1, -0.05) is 39.0 Å². The minimum absolute atomic E-state index is 0.202. The molecule has 1 aromatic carbocycles. The Labute approximate surface area is 122 Å². The van der Waals surface area contributed by atoms with Gasteiger partial charge in [-0.25, -0.2) is 0 Å². The zero-order valence-corrected chi connectivity index (χ0v) is 12.9. The van der Waals surface area contributed by atoms with Crippen molar-refractivity contribution in [2.75, 3.05) is 13.2 Å². The molecule has 1 unspecified atom stereocenters. The number of rotatable bonds is 6. The molecule has 2 rings (SSSR count). The molecule has 112 valence electrons. The highest BCUT2D eigenvalue weighted by atomic mass is 16.5. The first-order chi connectivity index (χ1) is 9.74. The fourth-order valence-electron chi connectivity index (χ4n) is 2.41. The van der Waals surface area contributed by atoms with Crippen LogP contribution in [0, 0.1) is 11.8 Å². The van der Waals surface area contributed by atoms with Gasteiger partial charge in [0.05, 0.1) is 6.61 Å². The Morgan fingerprint density at radius 1 is 1.30 bits per heavy atom. The molecule has 2 atom stereocenters. The summed E-state index contributed by atoms with van der Waals surface area (Å²) in [6.45, 7) is 7.83. The van der Waals surface area contributed by atoms with E-state index >= 15 is 0 Å². The molecular formula is C17H27NO2. The first kappa shape index (κ1) is 16.5. The summed E-state index contributed by atoms with van der Waals surface area (Å²) in [6, 6.07) is 9.90. The Kier molecular flexibility index (Phi) is 7.78. The van der Waals surface area contributed by atoms with E-state index < -0.39 is 0 Å². The van der Waals surface area contributed by atoms with Crippen molar-refractivity contribution in [1.29, 1.82) is 0 Å². The average Bonchev–Trinajstić information content (AvgIpc) is 2.87. The molecule has 3 nitrogen and oxygen atoms in total. The number of amides is 1. The Morgan fingerprint density at radius 3 is 2.60 bits per heavy atom. The highest BCUT2D eigenvalue weighted by Crippen LogP contribution is 2.21. The van der Waals surface area contributed by atoms with Crippen LogP contribution in [0.15, 0.2) is 30.3 Å². The van der Waals surface area contributed by atoms with E-state index in [1.807, 2.05) is 44.2 Å². The minimum Gasteiger partial charge on any atom is -0.494 e. The molecule has 0 saturated carbocycles. The maximum Gasteiger partial charge on any atom is 0.220 e. The van der Waals surface area contributed by atoms with Crippen LogP contribution in [0.4, 0.5) is 0 Å². The number of benzene rings is 1. The molecule has 1 aliphatic heterocycles. The van der Waals surface area contributed by atoms with Crippen LogP contribution in [-0.4, -0.2) is 19.1 Å². The van der Waals surface area contributed by atoms with E-state index in [0.29, 0.717) is 18.3 Å². The third kappa shape index (κ3) is 6.09. The molecule has 1 amide bonds. The van der Waals surface area contributed by atoms with Gasteiger partial charge in [0, 0.05) is 13.0 Å². The lowest BCUT2D eigenvalue weighted by Crippen LogP contribution is -2.15. The first-order valence-corrected chi connectivity index (χ1v) is 7.68. The lowest BCUT2D eigenvalue weighted by atomic mass is 9.93. The summed E-state index contributed by atoms with van der Waals surface area (Å²) in [5.41, 5.74) is 0. The van der Waals surface area contributed by atoms with E-state index in [2.05, 4.69) is 12.2 Å². The molecule has 1 heterocycles. The summed E-state index contributed by atoms with van der Waals surface area (Å²) < 4.78 is 5.68. The van der Waals surface area contributed by atoms with Crippen LogP contribution in [0.3, 0.4) is 0 Å². The SMILES string of the molecule is CC.CC(CCOc1ccccc1)C[C@@H]1CNC(=O)C1. The number of ether oxygens (including phenoxy) is 1. The van der Waals surface area contributed by atoms with Gasteiger partial charge in [0.15, 0.2) is 0 Å². The van der Waals surface area contributed by atoms with Crippen LogP contribution in [0.1, 0.15) is 40.0 Å². The summed E-state index contributed by atoms with van der Waals surface area (Å²) in [7, 11) is 0. The molecule has 1 N–H and O–H groups in total. The Balaban J connectivity index is 0.000000956. The van der Waals surface area contributed by atoms with Crippen LogP contribution >= 0.6 is 0 Å². The summed E-state index contributed by atoms with van der Waals surface area (Å²) in [5, 5.41) is 2.89. The van der Waals surface area contributed by atoms with Crippen molar-refractivity contribution in [3.8, 4) is 5.75 Å². The predicted molar refractivity (Wildman–Crippen MR) is 82.8 cm³/mol. The number of carbonyl (C=O) groups is 1. The second kappa shape index (κ2) is 9.40. The first-order valence-electron chi connectivity index (χ1n) is 7.68. The second-order valence-electron chi connectivity index (χ2n) is 5.17. The van der Waals surface area contributed by atoms with Gasteiger partial charge in [-0.2, -0.15) is 0 Å². The zero-order chi connectivity index (χ0) is 14.8. The van der Waals surface area contributed by atoms with Crippen molar-refractivity contribution in [3.05, 3.63) is 30.3 Å². The van der Waals surface area contributed by atoms with Crippen LogP contribution in [0.25, 0.3) is 0 Å². The third-order valence-corrected chi connectivity index (χ3v) is 3.42. The molecule has 0 bridgehead atoms. The molecule has 20 heavy (non-hydrogen) atoms. The fraction of sp³-hybridized carbons (Fsp3) is 0.588. The maximum atomic E-state index is 11.1. The lowest BCUT2D eigenvalue weighted by molar-refractivity contribution is -0.119. The quantitative estimate of drug-likeness (QED) is 0.862. The van der Waals surface area contributed by atoms with Gasteiger partial charge in [-0.3, -0.25) is 4.79 Å². The van der Waals surface area contributed by atoms with E-state index in [0.717, 1.165) is 31.7 Å². The number of hydrogen-bond acceptors (Lipinski definition) is 2. The maximum absolute atomic E-state index is 11.1. The van der Waals surface area contributed by atoms with E-state index in [1.165, 1.54) is 0 Å². The smallest absolute Gasteiger partial charge is 0.220 e. The van der Waals surface area contributed by atoms with Crippen LogP contribution < -0.4 is 10.1 Å². The van der Waals surface area contributed by atoms with Gasteiger partial charge < -0.3 is 10.1 Å². The average molecular weight is 277 g/mol. The Hall–Kier alpha value is -1.51. The van der Waals surface area contributed by atoms with E-state index in [4.69, 9.17) is 4.74 Å². The molecule has 1 aliphatic rings. The van der Waals surface area contributed by atoms with E-state index in [-0.39, 0.29) is 5.91 Å². The van der Waals surface area contributed by atoms with Crippen molar-refractivity contribution in [2.24, 2.45) is 11.8 Å². The summed E-state index contributed by atoms with van der Waals surface area (Å²) >= 11 is 0. The molecule has 1 saturated heterocycles. The Morgan fingerprint density at radius 2 is 2.00 bits per heavy atom. The normalized spacial score (nSPS) is 18.8. The van der Waals surface area contributed by atoms with Gasteiger partial charge in [-0.05, 0) is 36.8 Å². The summed E-state index contributed by atoms with van der Waals surface area (Å²) in [6.07, 6.45) is 2.85. The summed E-state index contributed by atoms with van der Waals surface area (Å²) in [4.78, 5) is 11.1. The lowest BCUT2D eigenvalue weighted by Gasteiger charge is -2.15. The fourth-order valence-corrected chi connectivity index (χ4v) is 2.41. The molecule has 0 aliphatic carbocycles. The highest BCUT2D eigenvalue weighted by Gasteiger charge is 2.22. The molecule has 0 aromatic heterocycles.